The van der Waals surface area contributed by atoms with Crippen molar-refractivity contribution in [1.29, 1.82) is 0 Å². The van der Waals surface area contributed by atoms with E-state index >= 15 is 0 Å². The van der Waals surface area contributed by atoms with Gasteiger partial charge in [0.25, 0.3) is 5.91 Å². The van der Waals surface area contributed by atoms with Crippen LogP contribution in [0.4, 0.5) is 4.39 Å². The minimum Gasteiger partial charge on any atom is -0.350 e. The third-order valence-electron chi connectivity index (χ3n) is 3.73. The summed E-state index contributed by atoms with van der Waals surface area (Å²) in [6, 6.07) is 6.49. The summed E-state index contributed by atoms with van der Waals surface area (Å²) in [5, 5.41) is 10.4. The number of aromatic nitrogens is 3. The highest BCUT2D eigenvalue weighted by Crippen LogP contribution is 2.47. The van der Waals surface area contributed by atoms with E-state index in [1.165, 1.54) is 16.8 Å². The number of carbonyl (C=O) groups excluding carboxylic acids is 1. The number of rotatable bonds is 4. The summed E-state index contributed by atoms with van der Waals surface area (Å²) in [6.07, 6.45) is 3.57. The van der Waals surface area contributed by atoms with Crippen LogP contribution < -0.4 is 5.32 Å². The van der Waals surface area contributed by atoms with E-state index in [0.29, 0.717) is 12.2 Å². The number of hydrogen-bond donors (Lipinski definition) is 1. The molecule has 0 saturated heterocycles. The van der Waals surface area contributed by atoms with Gasteiger partial charge in [-0.15, -0.1) is 5.10 Å². The second-order valence-corrected chi connectivity index (χ2v) is 5.25. The lowest BCUT2D eigenvalue weighted by molar-refractivity contribution is 0.0944. The van der Waals surface area contributed by atoms with Gasteiger partial charge >= 0.3 is 0 Å². The second-order valence-electron chi connectivity index (χ2n) is 5.25. The van der Waals surface area contributed by atoms with E-state index < -0.39 is 0 Å². The van der Waals surface area contributed by atoms with Crippen LogP contribution in [-0.4, -0.2) is 27.4 Å². The van der Waals surface area contributed by atoms with Crippen LogP contribution in [0.15, 0.2) is 30.5 Å². The molecule has 1 aliphatic rings. The maximum absolute atomic E-state index is 12.9. The number of aryl methyl sites for hydroxylation is 1. The van der Waals surface area contributed by atoms with Crippen LogP contribution in [0.3, 0.4) is 0 Å². The first-order chi connectivity index (χ1) is 9.59. The standard InChI is InChI=1S/C14H15FN4O/c1-19-8-12(17-18-19)13(20)16-9-14(6-7-14)10-2-4-11(15)5-3-10/h2-5,8H,6-7,9H2,1H3,(H,16,20). The minimum absolute atomic E-state index is 0.0500. The average Bonchev–Trinajstić information content (AvgIpc) is 3.11. The molecule has 3 rings (SSSR count). The Bertz CT molecular complexity index is 631. The van der Waals surface area contributed by atoms with Crippen LogP contribution in [-0.2, 0) is 12.5 Å². The van der Waals surface area contributed by atoms with Crippen molar-refractivity contribution < 1.29 is 9.18 Å². The molecule has 1 aliphatic carbocycles. The molecule has 0 bridgehead atoms. The van der Waals surface area contributed by atoms with Gasteiger partial charge in [-0.05, 0) is 30.5 Å². The highest BCUT2D eigenvalue weighted by molar-refractivity contribution is 5.91. The molecule has 0 unspecified atom stereocenters. The van der Waals surface area contributed by atoms with Crippen molar-refractivity contribution in [1.82, 2.24) is 20.3 Å². The van der Waals surface area contributed by atoms with Gasteiger partial charge in [0.2, 0.25) is 0 Å². The minimum atomic E-state index is -0.242. The summed E-state index contributed by atoms with van der Waals surface area (Å²) in [5.41, 5.74) is 1.33. The van der Waals surface area contributed by atoms with Gasteiger partial charge in [0.05, 0.1) is 6.20 Å². The van der Waals surface area contributed by atoms with E-state index in [2.05, 4.69) is 15.6 Å². The highest BCUT2D eigenvalue weighted by Gasteiger charge is 2.44. The largest absolute Gasteiger partial charge is 0.350 e. The Hall–Kier alpha value is -2.24. The summed E-state index contributed by atoms with van der Waals surface area (Å²) in [7, 11) is 1.71. The van der Waals surface area contributed by atoms with Gasteiger partial charge < -0.3 is 5.32 Å². The van der Waals surface area contributed by atoms with E-state index in [-0.39, 0.29) is 17.1 Å². The highest BCUT2D eigenvalue weighted by atomic mass is 19.1. The SMILES string of the molecule is Cn1cc(C(=O)NCC2(c3ccc(F)cc3)CC2)nn1. The number of benzene rings is 1. The molecular formula is C14H15FN4O. The summed E-state index contributed by atoms with van der Waals surface area (Å²) < 4.78 is 14.4. The lowest BCUT2D eigenvalue weighted by atomic mass is 9.96. The average molecular weight is 274 g/mol. The molecule has 1 saturated carbocycles. The van der Waals surface area contributed by atoms with Crippen LogP contribution >= 0.6 is 0 Å². The van der Waals surface area contributed by atoms with Gasteiger partial charge in [-0.25, -0.2) is 4.39 Å². The molecule has 0 spiro atoms. The van der Waals surface area contributed by atoms with E-state index in [1.807, 2.05) is 0 Å². The van der Waals surface area contributed by atoms with E-state index in [0.717, 1.165) is 18.4 Å². The summed E-state index contributed by atoms with van der Waals surface area (Å²) in [4.78, 5) is 11.9. The quantitative estimate of drug-likeness (QED) is 0.917. The summed E-state index contributed by atoms with van der Waals surface area (Å²) in [6.45, 7) is 0.536. The Morgan fingerprint density at radius 2 is 2.10 bits per heavy atom. The smallest absolute Gasteiger partial charge is 0.273 e. The van der Waals surface area contributed by atoms with Crippen LogP contribution in [0.5, 0.6) is 0 Å². The lowest BCUT2D eigenvalue weighted by Gasteiger charge is -2.16. The van der Waals surface area contributed by atoms with Crippen molar-refractivity contribution in [2.45, 2.75) is 18.3 Å². The summed E-state index contributed by atoms with van der Waals surface area (Å²) >= 11 is 0. The Morgan fingerprint density at radius 3 is 2.65 bits per heavy atom. The van der Waals surface area contributed by atoms with Crippen LogP contribution in [0.25, 0.3) is 0 Å². The fourth-order valence-electron chi connectivity index (χ4n) is 2.31. The molecule has 1 N–H and O–H groups in total. The molecule has 0 radical (unpaired) electrons. The zero-order valence-corrected chi connectivity index (χ0v) is 11.1. The zero-order valence-electron chi connectivity index (χ0n) is 11.1. The molecule has 0 aliphatic heterocycles. The fourth-order valence-corrected chi connectivity index (χ4v) is 2.31. The van der Waals surface area contributed by atoms with Gasteiger partial charge in [-0.3, -0.25) is 9.48 Å². The van der Waals surface area contributed by atoms with Crippen molar-refractivity contribution in [3.8, 4) is 0 Å². The topological polar surface area (TPSA) is 59.8 Å². The van der Waals surface area contributed by atoms with Gasteiger partial charge in [0.1, 0.15) is 5.82 Å². The Morgan fingerprint density at radius 1 is 1.40 bits per heavy atom. The Kier molecular flexibility index (Phi) is 3.00. The zero-order chi connectivity index (χ0) is 14.2. The normalized spacial score (nSPS) is 15.9. The van der Waals surface area contributed by atoms with Crippen molar-refractivity contribution in [3.63, 3.8) is 0 Å². The number of hydrogen-bond acceptors (Lipinski definition) is 3. The Balaban J connectivity index is 1.66. The predicted molar refractivity (Wildman–Crippen MR) is 70.6 cm³/mol. The third kappa shape index (κ3) is 2.41. The molecule has 104 valence electrons. The van der Waals surface area contributed by atoms with Crippen molar-refractivity contribution >= 4 is 5.91 Å². The molecule has 2 aromatic rings. The second kappa shape index (κ2) is 4.70. The molecule has 1 aromatic carbocycles. The van der Waals surface area contributed by atoms with Gasteiger partial charge in [0, 0.05) is 19.0 Å². The first kappa shape index (κ1) is 12.8. The molecule has 5 nitrogen and oxygen atoms in total. The number of carbonyl (C=O) groups is 1. The fraction of sp³-hybridized carbons (Fsp3) is 0.357. The van der Waals surface area contributed by atoms with Crippen molar-refractivity contribution in [2.24, 2.45) is 7.05 Å². The van der Waals surface area contributed by atoms with Crippen LogP contribution in [0, 0.1) is 5.82 Å². The molecule has 1 aromatic heterocycles. The van der Waals surface area contributed by atoms with Gasteiger partial charge in [0.15, 0.2) is 5.69 Å². The molecule has 20 heavy (non-hydrogen) atoms. The first-order valence-electron chi connectivity index (χ1n) is 6.50. The number of nitrogens with zero attached hydrogens (tertiary/aromatic N) is 3. The van der Waals surface area contributed by atoms with E-state index in [4.69, 9.17) is 0 Å². The van der Waals surface area contributed by atoms with Gasteiger partial charge in [-0.1, -0.05) is 17.3 Å². The van der Waals surface area contributed by atoms with Gasteiger partial charge in [-0.2, -0.15) is 0 Å². The molecule has 6 heteroatoms. The maximum atomic E-state index is 12.9. The maximum Gasteiger partial charge on any atom is 0.273 e. The van der Waals surface area contributed by atoms with Crippen molar-refractivity contribution in [3.05, 3.63) is 47.5 Å². The number of halogens is 1. The molecule has 1 fully saturated rings. The molecule has 1 amide bonds. The molecule has 1 heterocycles. The monoisotopic (exact) mass is 274 g/mol. The van der Waals surface area contributed by atoms with E-state index in [1.54, 1.807) is 25.4 Å². The third-order valence-corrected chi connectivity index (χ3v) is 3.73. The molecular weight excluding hydrogens is 259 g/mol. The van der Waals surface area contributed by atoms with Crippen LogP contribution in [0.1, 0.15) is 28.9 Å². The number of nitrogens with one attached hydrogen (secondary N) is 1. The lowest BCUT2D eigenvalue weighted by Crippen LogP contribution is -2.32. The van der Waals surface area contributed by atoms with Crippen molar-refractivity contribution in [2.75, 3.05) is 6.54 Å². The predicted octanol–water partition coefficient (Wildman–Crippen LogP) is 1.42. The Labute approximate surface area is 115 Å². The van der Waals surface area contributed by atoms with Crippen LogP contribution in [0.2, 0.25) is 0 Å². The first-order valence-corrected chi connectivity index (χ1v) is 6.50. The number of amides is 1. The summed E-state index contributed by atoms with van der Waals surface area (Å²) in [5.74, 6) is -0.473. The molecule has 0 atom stereocenters. The van der Waals surface area contributed by atoms with E-state index in [9.17, 15) is 9.18 Å².